The van der Waals surface area contributed by atoms with E-state index in [1.165, 1.54) is 0 Å². The van der Waals surface area contributed by atoms with Crippen molar-refractivity contribution in [2.24, 2.45) is 21.9 Å². The lowest BCUT2D eigenvalue weighted by atomic mass is 9.89. The predicted octanol–water partition coefficient (Wildman–Crippen LogP) is 0.534. The zero-order valence-electron chi connectivity index (χ0n) is 6.49. The van der Waals surface area contributed by atoms with Crippen molar-refractivity contribution in [3.05, 3.63) is 0 Å². The van der Waals surface area contributed by atoms with E-state index in [-0.39, 0.29) is 5.66 Å². The van der Waals surface area contributed by atoms with Crippen molar-refractivity contribution in [3.8, 4) is 0 Å². The first kappa shape index (κ1) is 7.18. The Morgan fingerprint density at radius 2 is 2.00 bits per heavy atom. The molecule has 2 rings (SSSR count). The smallest absolute Gasteiger partial charge is 0.205 e. The fraction of sp³-hybridized carbons (Fsp3) is 1.00. The normalized spacial score (nSPS) is 28.8. The zero-order chi connectivity index (χ0) is 7.73. The average molecular weight is 155 g/mol. The zero-order valence-corrected chi connectivity index (χ0v) is 6.49. The molecule has 11 heavy (non-hydrogen) atoms. The molecule has 1 saturated heterocycles. The molecule has 1 fully saturated rings. The third-order valence-electron chi connectivity index (χ3n) is 2.53. The molecule has 0 aromatic heterocycles. The molecule has 0 aromatic rings. The molecule has 0 saturated carbocycles. The van der Waals surface area contributed by atoms with Crippen molar-refractivity contribution in [1.29, 1.82) is 0 Å². The fourth-order valence-corrected chi connectivity index (χ4v) is 1.64. The second-order valence-corrected chi connectivity index (χ2v) is 3.17. The van der Waals surface area contributed by atoms with Gasteiger partial charge in [0.25, 0.3) is 0 Å². The summed E-state index contributed by atoms with van der Waals surface area (Å²) >= 11 is 0. The van der Waals surface area contributed by atoms with E-state index in [9.17, 15) is 0 Å². The van der Waals surface area contributed by atoms with Gasteiger partial charge in [-0.05, 0) is 12.8 Å². The van der Waals surface area contributed by atoms with Crippen molar-refractivity contribution in [1.82, 2.24) is 0 Å². The molecule has 0 bridgehead atoms. The van der Waals surface area contributed by atoms with Crippen LogP contribution in [-0.4, -0.2) is 25.4 Å². The highest BCUT2D eigenvalue weighted by Crippen LogP contribution is 2.40. The first-order chi connectivity index (χ1) is 5.37. The van der Waals surface area contributed by atoms with E-state index in [1.807, 2.05) is 0 Å². The van der Waals surface area contributed by atoms with E-state index >= 15 is 0 Å². The van der Waals surface area contributed by atoms with Gasteiger partial charge in [-0.25, -0.2) is 0 Å². The molecule has 62 valence electrons. The Kier molecular flexibility index (Phi) is 1.65. The number of hydrogen-bond acceptors (Lipinski definition) is 4. The summed E-state index contributed by atoms with van der Waals surface area (Å²) < 4.78 is 5.24. The first-order valence-electron chi connectivity index (χ1n) is 4.09. The molecule has 2 aliphatic heterocycles. The maximum atomic E-state index is 5.57. The SMILES string of the molecule is NCC1(C2CCOCC2)N=N1. The standard InChI is InChI=1S/C7H13N3O/c8-5-7(9-10-7)6-1-3-11-4-2-6/h6H,1-5,8H2. The minimum absolute atomic E-state index is 0.191. The lowest BCUT2D eigenvalue weighted by Crippen LogP contribution is -2.36. The summed E-state index contributed by atoms with van der Waals surface area (Å²) in [6.45, 7) is 2.26. The van der Waals surface area contributed by atoms with Crippen LogP contribution < -0.4 is 5.73 Å². The molecule has 0 aliphatic carbocycles. The Hall–Kier alpha value is -0.480. The second-order valence-electron chi connectivity index (χ2n) is 3.17. The van der Waals surface area contributed by atoms with Crippen LogP contribution in [0.15, 0.2) is 10.2 Å². The van der Waals surface area contributed by atoms with Crippen LogP contribution >= 0.6 is 0 Å². The van der Waals surface area contributed by atoms with Crippen molar-refractivity contribution in [3.63, 3.8) is 0 Å². The Morgan fingerprint density at radius 3 is 2.45 bits per heavy atom. The van der Waals surface area contributed by atoms with Crippen molar-refractivity contribution >= 4 is 0 Å². The lowest BCUT2D eigenvalue weighted by molar-refractivity contribution is 0.0530. The van der Waals surface area contributed by atoms with Crippen LogP contribution in [0.2, 0.25) is 0 Å². The molecule has 0 amide bonds. The van der Waals surface area contributed by atoms with Crippen LogP contribution in [0.4, 0.5) is 0 Å². The monoisotopic (exact) mass is 155 g/mol. The lowest BCUT2D eigenvalue weighted by Gasteiger charge is -2.25. The van der Waals surface area contributed by atoms with Gasteiger partial charge in [0.2, 0.25) is 5.66 Å². The minimum Gasteiger partial charge on any atom is -0.381 e. The highest BCUT2D eigenvalue weighted by molar-refractivity contribution is 5.00. The summed E-state index contributed by atoms with van der Waals surface area (Å²) in [7, 11) is 0. The van der Waals surface area contributed by atoms with Gasteiger partial charge in [0.1, 0.15) is 0 Å². The fourth-order valence-electron chi connectivity index (χ4n) is 1.64. The van der Waals surface area contributed by atoms with Crippen molar-refractivity contribution < 1.29 is 4.74 Å². The number of ether oxygens (including phenoxy) is 1. The maximum absolute atomic E-state index is 5.57. The van der Waals surface area contributed by atoms with Crippen LogP contribution in [-0.2, 0) is 4.74 Å². The van der Waals surface area contributed by atoms with Crippen LogP contribution in [0.1, 0.15) is 12.8 Å². The Balaban J connectivity index is 1.92. The van der Waals surface area contributed by atoms with Gasteiger partial charge in [-0.3, -0.25) is 0 Å². The average Bonchev–Trinajstić information content (AvgIpc) is 2.86. The Labute approximate surface area is 65.8 Å². The third-order valence-corrected chi connectivity index (χ3v) is 2.53. The first-order valence-corrected chi connectivity index (χ1v) is 4.09. The van der Waals surface area contributed by atoms with E-state index < -0.39 is 0 Å². The molecule has 4 nitrogen and oxygen atoms in total. The van der Waals surface area contributed by atoms with Gasteiger partial charge < -0.3 is 10.5 Å². The highest BCUT2D eigenvalue weighted by atomic mass is 16.5. The molecule has 2 N–H and O–H groups in total. The topological polar surface area (TPSA) is 60.0 Å². The summed E-state index contributed by atoms with van der Waals surface area (Å²) in [4.78, 5) is 0. The van der Waals surface area contributed by atoms with Crippen LogP contribution in [0.25, 0.3) is 0 Å². The van der Waals surface area contributed by atoms with Crippen molar-refractivity contribution in [2.45, 2.75) is 18.5 Å². The van der Waals surface area contributed by atoms with Gasteiger partial charge in [0.15, 0.2) is 0 Å². The van der Waals surface area contributed by atoms with Gasteiger partial charge in [-0.2, -0.15) is 10.2 Å². The molecule has 2 aliphatic rings. The molecule has 2 heterocycles. The minimum atomic E-state index is -0.191. The highest BCUT2D eigenvalue weighted by Gasteiger charge is 2.46. The second kappa shape index (κ2) is 2.53. The van der Waals surface area contributed by atoms with E-state index in [2.05, 4.69) is 10.2 Å². The molecular weight excluding hydrogens is 142 g/mol. The van der Waals surface area contributed by atoms with Gasteiger partial charge in [0, 0.05) is 25.7 Å². The summed E-state index contributed by atoms with van der Waals surface area (Å²) in [5, 5.41) is 8.04. The van der Waals surface area contributed by atoms with E-state index in [0.29, 0.717) is 12.5 Å². The molecule has 0 spiro atoms. The van der Waals surface area contributed by atoms with E-state index in [0.717, 1.165) is 26.1 Å². The largest absolute Gasteiger partial charge is 0.381 e. The van der Waals surface area contributed by atoms with E-state index in [1.54, 1.807) is 0 Å². The molecule has 0 unspecified atom stereocenters. The molecule has 0 aromatic carbocycles. The van der Waals surface area contributed by atoms with E-state index in [4.69, 9.17) is 10.5 Å². The third kappa shape index (κ3) is 1.16. The summed E-state index contributed by atoms with van der Waals surface area (Å²) in [6.07, 6.45) is 2.12. The van der Waals surface area contributed by atoms with Gasteiger partial charge in [-0.15, -0.1) is 0 Å². The maximum Gasteiger partial charge on any atom is 0.205 e. The summed E-state index contributed by atoms with van der Waals surface area (Å²) in [6, 6.07) is 0. The Bertz CT molecular complexity index is 169. The van der Waals surface area contributed by atoms with Crippen LogP contribution in [0, 0.1) is 5.92 Å². The Morgan fingerprint density at radius 1 is 1.36 bits per heavy atom. The number of rotatable bonds is 2. The molecule has 0 atom stereocenters. The number of hydrogen-bond donors (Lipinski definition) is 1. The summed E-state index contributed by atoms with van der Waals surface area (Å²) in [5.41, 5.74) is 5.38. The molecular formula is C7H13N3O. The van der Waals surface area contributed by atoms with Gasteiger partial charge >= 0.3 is 0 Å². The van der Waals surface area contributed by atoms with Crippen LogP contribution in [0.3, 0.4) is 0 Å². The van der Waals surface area contributed by atoms with Gasteiger partial charge in [0.05, 0.1) is 0 Å². The molecule has 0 radical (unpaired) electrons. The van der Waals surface area contributed by atoms with Crippen LogP contribution in [0.5, 0.6) is 0 Å². The molecule has 4 heteroatoms. The van der Waals surface area contributed by atoms with Gasteiger partial charge in [-0.1, -0.05) is 0 Å². The number of nitrogens with two attached hydrogens (primary N) is 1. The quantitative estimate of drug-likeness (QED) is 0.632. The van der Waals surface area contributed by atoms with Crippen molar-refractivity contribution in [2.75, 3.05) is 19.8 Å². The summed E-state index contributed by atoms with van der Waals surface area (Å²) in [5.74, 6) is 0.543. The predicted molar refractivity (Wildman–Crippen MR) is 40.2 cm³/mol. The number of nitrogens with zero attached hydrogens (tertiary/aromatic N) is 2.